The highest BCUT2D eigenvalue weighted by atomic mass is 79.9. The summed E-state index contributed by atoms with van der Waals surface area (Å²) in [7, 11) is 0. The van der Waals surface area contributed by atoms with Crippen LogP contribution in [0.3, 0.4) is 0 Å². The molecule has 0 fully saturated rings. The molecule has 3 aromatic rings. The fourth-order valence-electron chi connectivity index (χ4n) is 1.56. The van der Waals surface area contributed by atoms with Crippen LogP contribution in [0.2, 0.25) is 0 Å². The molecule has 0 spiro atoms. The van der Waals surface area contributed by atoms with Crippen molar-refractivity contribution in [1.82, 2.24) is 5.16 Å². The first-order valence-corrected chi connectivity index (χ1v) is 6.36. The van der Waals surface area contributed by atoms with Gasteiger partial charge in [-0.15, -0.1) is 11.3 Å². The summed E-state index contributed by atoms with van der Waals surface area (Å²) >= 11 is 4.74. The first-order valence-electron chi connectivity index (χ1n) is 4.75. The van der Waals surface area contributed by atoms with Gasteiger partial charge in [0.25, 0.3) is 0 Å². The van der Waals surface area contributed by atoms with Crippen LogP contribution in [0.1, 0.15) is 0 Å². The molecular formula is C11H6BrFN2OS. The van der Waals surface area contributed by atoms with Gasteiger partial charge in [0, 0.05) is 4.70 Å². The molecule has 1 aromatic carbocycles. The van der Waals surface area contributed by atoms with Crippen LogP contribution in [0.4, 0.5) is 10.2 Å². The second kappa shape index (κ2) is 3.82. The summed E-state index contributed by atoms with van der Waals surface area (Å²) in [6.07, 6.45) is 0. The van der Waals surface area contributed by atoms with Crippen LogP contribution in [-0.2, 0) is 0 Å². The number of thiophene rings is 1. The van der Waals surface area contributed by atoms with Gasteiger partial charge < -0.3 is 10.3 Å². The highest BCUT2D eigenvalue weighted by Gasteiger charge is 2.15. The van der Waals surface area contributed by atoms with Gasteiger partial charge >= 0.3 is 0 Å². The Labute approximate surface area is 108 Å². The number of aromatic nitrogens is 1. The zero-order chi connectivity index (χ0) is 12.0. The topological polar surface area (TPSA) is 52.0 Å². The van der Waals surface area contributed by atoms with Gasteiger partial charge in [0.05, 0.1) is 4.88 Å². The Morgan fingerprint density at radius 3 is 2.88 bits per heavy atom. The zero-order valence-electron chi connectivity index (χ0n) is 8.41. The third kappa shape index (κ3) is 1.73. The molecule has 2 aromatic heterocycles. The molecule has 0 aliphatic heterocycles. The van der Waals surface area contributed by atoms with E-state index in [0.717, 1.165) is 15.0 Å². The number of nitrogens with two attached hydrogens (primary N) is 1. The predicted octanol–water partition coefficient (Wildman–Crippen LogP) is 4.04. The molecule has 0 aliphatic rings. The maximum Gasteiger partial charge on any atom is 0.193 e. The lowest BCUT2D eigenvalue weighted by Crippen LogP contribution is -1.82. The molecule has 0 atom stereocenters. The van der Waals surface area contributed by atoms with Gasteiger partial charge in [-0.05, 0) is 39.5 Å². The molecule has 2 N–H and O–H groups in total. The van der Waals surface area contributed by atoms with E-state index in [1.165, 1.54) is 23.5 Å². The minimum atomic E-state index is -0.248. The summed E-state index contributed by atoms with van der Waals surface area (Å²) in [5.41, 5.74) is 5.59. The summed E-state index contributed by atoms with van der Waals surface area (Å²) in [5, 5.41) is 4.63. The van der Waals surface area contributed by atoms with Gasteiger partial charge in [0.2, 0.25) is 0 Å². The van der Waals surface area contributed by atoms with Crippen molar-refractivity contribution in [3.05, 3.63) is 34.6 Å². The normalized spacial score (nSPS) is 11.2. The molecule has 0 radical (unpaired) electrons. The SMILES string of the molecule is Nc1noc(-c2cc3ccc(F)cc3s2)c1Br. The molecule has 0 amide bonds. The van der Waals surface area contributed by atoms with E-state index in [4.69, 9.17) is 10.3 Å². The number of nitrogens with zero attached hydrogens (tertiary/aromatic N) is 1. The number of fused-ring (bicyclic) bond motifs is 1. The Kier molecular flexibility index (Phi) is 2.41. The van der Waals surface area contributed by atoms with E-state index in [1.54, 1.807) is 6.07 Å². The molecular weight excluding hydrogens is 307 g/mol. The summed E-state index contributed by atoms with van der Waals surface area (Å²) < 4.78 is 19.7. The predicted molar refractivity (Wildman–Crippen MR) is 69.4 cm³/mol. The summed E-state index contributed by atoms with van der Waals surface area (Å²) in [5.74, 6) is 0.634. The standard InChI is InChI=1S/C11H6BrFN2OS/c12-9-10(16-15-11(9)14)8-3-5-1-2-6(13)4-7(5)17-8/h1-4H,(H2,14,15). The number of nitrogen functional groups attached to an aromatic ring is 1. The monoisotopic (exact) mass is 312 g/mol. The van der Waals surface area contributed by atoms with Crippen LogP contribution in [0.25, 0.3) is 20.7 Å². The van der Waals surface area contributed by atoms with Crippen molar-refractivity contribution in [3.8, 4) is 10.6 Å². The van der Waals surface area contributed by atoms with E-state index in [2.05, 4.69) is 21.1 Å². The van der Waals surface area contributed by atoms with Crippen molar-refractivity contribution in [2.75, 3.05) is 5.73 Å². The number of hydrogen-bond donors (Lipinski definition) is 1. The number of rotatable bonds is 1. The lowest BCUT2D eigenvalue weighted by molar-refractivity contribution is 0.436. The first-order chi connectivity index (χ1) is 8.15. The summed E-state index contributed by atoms with van der Waals surface area (Å²) in [6, 6.07) is 6.59. The van der Waals surface area contributed by atoms with E-state index in [1.807, 2.05) is 6.07 Å². The van der Waals surface area contributed by atoms with Crippen LogP contribution >= 0.6 is 27.3 Å². The van der Waals surface area contributed by atoms with E-state index in [0.29, 0.717) is 16.1 Å². The van der Waals surface area contributed by atoms with E-state index in [9.17, 15) is 4.39 Å². The zero-order valence-corrected chi connectivity index (χ0v) is 10.8. The second-order valence-electron chi connectivity index (χ2n) is 3.50. The fraction of sp³-hybridized carbons (Fsp3) is 0. The lowest BCUT2D eigenvalue weighted by Gasteiger charge is -1.88. The third-order valence-electron chi connectivity index (χ3n) is 2.37. The minimum Gasteiger partial charge on any atom is -0.380 e. The summed E-state index contributed by atoms with van der Waals surface area (Å²) in [6.45, 7) is 0. The van der Waals surface area contributed by atoms with Gasteiger partial charge in [-0.2, -0.15) is 0 Å². The molecule has 0 aliphatic carbocycles. The average molecular weight is 313 g/mol. The van der Waals surface area contributed by atoms with Gasteiger partial charge in [0.1, 0.15) is 10.3 Å². The van der Waals surface area contributed by atoms with Crippen LogP contribution in [-0.4, -0.2) is 5.16 Å². The van der Waals surface area contributed by atoms with E-state index >= 15 is 0 Å². The maximum atomic E-state index is 13.1. The quantitative estimate of drug-likeness (QED) is 0.737. The van der Waals surface area contributed by atoms with Crippen molar-refractivity contribution in [2.45, 2.75) is 0 Å². The molecule has 2 heterocycles. The van der Waals surface area contributed by atoms with Crippen molar-refractivity contribution in [3.63, 3.8) is 0 Å². The van der Waals surface area contributed by atoms with Crippen molar-refractivity contribution >= 4 is 43.2 Å². The molecule has 3 nitrogen and oxygen atoms in total. The van der Waals surface area contributed by atoms with Crippen LogP contribution in [0, 0.1) is 5.82 Å². The van der Waals surface area contributed by atoms with Gasteiger partial charge in [0.15, 0.2) is 11.6 Å². The lowest BCUT2D eigenvalue weighted by atomic mass is 10.2. The largest absolute Gasteiger partial charge is 0.380 e. The Bertz CT molecular complexity index is 707. The van der Waals surface area contributed by atoms with Crippen molar-refractivity contribution < 1.29 is 8.91 Å². The number of halogens is 2. The maximum absolute atomic E-state index is 13.1. The average Bonchev–Trinajstić information content (AvgIpc) is 2.83. The molecule has 0 saturated heterocycles. The molecule has 86 valence electrons. The molecule has 3 rings (SSSR count). The number of anilines is 1. The number of benzene rings is 1. The summed E-state index contributed by atoms with van der Waals surface area (Å²) in [4.78, 5) is 0.863. The molecule has 0 bridgehead atoms. The highest BCUT2D eigenvalue weighted by molar-refractivity contribution is 9.10. The minimum absolute atomic E-state index is 0.248. The first kappa shape index (κ1) is 10.7. The smallest absolute Gasteiger partial charge is 0.193 e. The molecule has 17 heavy (non-hydrogen) atoms. The van der Waals surface area contributed by atoms with E-state index < -0.39 is 0 Å². The Morgan fingerprint density at radius 1 is 1.35 bits per heavy atom. The fourth-order valence-corrected chi connectivity index (χ4v) is 3.12. The highest BCUT2D eigenvalue weighted by Crippen LogP contribution is 2.39. The third-order valence-corrected chi connectivity index (χ3v) is 4.23. The molecule has 0 unspecified atom stereocenters. The van der Waals surface area contributed by atoms with Gasteiger partial charge in [-0.25, -0.2) is 4.39 Å². The Morgan fingerprint density at radius 2 is 2.18 bits per heavy atom. The van der Waals surface area contributed by atoms with Crippen LogP contribution in [0.15, 0.2) is 33.3 Å². The number of hydrogen-bond acceptors (Lipinski definition) is 4. The molecule has 0 saturated carbocycles. The van der Waals surface area contributed by atoms with Gasteiger partial charge in [-0.3, -0.25) is 0 Å². The van der Waals surface area contributed by atoms with Gasteiger partial charge in [-0.1, -0.05) is 11.2 Å². The molecule has 6 heteroatoms. The van der Waals surface area contributed by atoms with E-state index in [-0.39, 0.29) is 5.82 Å². The Hall–Kier alpha value is -1.40. The van der Waals surface area contributed by atoms with Crippen LogP contribution < -0.4 is 5.73 Å². The van der Waals surface area contributed by atoms with Crippen LogP contribution in [0.5, 0.6) is 0 Å². The second-order valence-corrected chi connectivity index (χ2v) is 5.38. The van der Waals surface area contributed by atoms with Crippen molar-refractivity contribution in [2.24, 2.45) is 0 Å². The Balaban J connectivity index is 2.21. The van der Waals surface area contributed by atoms with Crippen molar-refractivity contribution in [1.29, 1.82) is 0 Å².